The molecule has 6 heteroatoms. The summed E-state index contributed by atoms with van der Waals surface area (Å²) in [5.41, 5.74) is 6.89. The first-order valence-electron chi connectivity index (χ1n) is 12.9. The standard InChI is InChI=1S/C31H34O4Si2/c1-19(32)17-34-27-15-7-13-25(29(27)36)31(26-14-8-16-28(30(26)37)35-18-20(2)33)23-11-5-3-9-21(23)22-10-4-6-12-24(22)31/h3-16,19-20,32-33H,17-18H2,1-2,36-37H3. The summed E-state index contributed by atoms with van der Waals surface area (Å²) in [6.45, 7) is 4.00. The Hall–Kier alpha value is -3.17. The average molecular weight is 527 g/mol. The zero-order valence-corrected chi connectivity index (χ0v) is 25.9. The number of aliphatic hydroxyl groups excluding tert-OH is 2. The molecule has 4 nitrogen and oxygen atoms in total. The summed E-state index contributed by atoms with van der Waals surface area (Å²) in [6, 6.07) is 30.1. The minimum Gasteiger partial charge on any atom is -0.491 e. The van der Waals surface area contributed by atoms with Crippen LogP contribution in [0.3, 0.4) is 0 Å². The number of ether oxygens (including phenoxy) is 2. The van der Waals surface area contributed by atoms with Crippen LogP contribution in [0.2, 0.25) is 0 Å². The van der Waals surface area contributed by atoms with E-state index >= 15 is 0 Å². The van der Waals surface area contributed by atoms with Crippen LogP contribution in [0, 0.1) is 0 Å². The molecule has 4 aromatic carbocycles. The van der Waals surface area contributed by atoms with Gasteiger partial charge in [-0.15, -0.1) is 0 Å². The van der Waals surface area contributed by atoms with Crippen LogP contribution in [0.4, 0.5) is 0 Å². The number of benzene rings is 4. The van der Waals surface area contributed by atoms with Crippen LogP contribution in [-0.4, -0.2) is 56.1 Å². The van der Waals surface area contributed by atoms with Crippen molar-refractivity contribution in [1.29, 1.82) is 0 Å². The van der Waals surface area contributed by atoms with E-state index in [-0.39, 0.29) is 13.2 Å². The zero-order chi connectivity index (χ0) is 26.2. The smallest absolute Gasteiger partial charge is 0.117 e. The van der Waals surface area contributed by atoms with Crippen molar-refractivity contribution in [2.24, 2.45) is 0 Å². The zero-order valence-electron chi connectivity index (χ0n) is 21.9. The lowest BCUT2D eigenvalue weighted by molar-refractivity contribution is 0.123. The van der Waals surface area contributed by atoms with E-state index in [0.717, 1.165) is 32.0 Å². The number of hydrogen-bond acceptors (Lipinski definition) is 4. The Bertz CT molecular complexity index is 1320. The molecule has 2 unspecified atom stereocenters. The highest BCUT2D eigenvalue weighted by molar-refractivity contribution is 6.37. The first kappa shape index (κ1) is 25.5. The molecule has 190 valence electrons. The molecule has 0 amide bonds. The molecule has 0 aromatic heterocycles. The molecule has 0 spiro atoms. The fraction of sp³-hybridized carbons (Fsp3) is 0.226. The van der Waals surface area contributed by atoms with Gasteiger partial charge in [-0.1, -0.05) is 72.8 Å². The molecule has 0 aliphatic heterocycles. The Labute approximate surface area is 224 Å². The van der Waals surface area contributed by atoms with E-state index in [4.69, 9.17) is 9.47 Å². The van der Waals surface area contributed by atoms with Crippen LogP contribution >= 0.6 is 0 Å². The summed E-state index contributed by atoms with van der Waals surface area (Å²) in [6.07, 6.45) is -1.08. The molecule has 1 aliphatic carbocycles. The van der Waals surface area contributed by atoms with Gasteiger partial charge in [0, 0.05) is 20.5 Å². The fourth-order valence-corrected chi connectivity index (χ4v) is 7.44. The number of hydrogen-bond donors (Lipinski definition) is 2. The molecule has 0 fully saturated rings. The Balaban J connectivity index is 1.84. The molecule has 0 heterocycles. The number of fused-ring (bicyclic) bond motifs is 3. The quantitative estimate of drug-likeness (QED) is 0.301. The molecule has 0 saturated carbocycles. The number of rotatable bonds is 8. The summed E-state index contributed by atoms with van der Waals surface area (Å²) >= 11 is 0. The van der Waals surface area contributed by atoms with Crippen LogP contribution in [0.5, 0.6) is 11.5 Å². The lowest BCUT2D eigenvalue weighted by atomic mass is 9.67. The normalized spacial score (nSPS) is 15.1. The van der Waals surface area contributed by atoms with Crippen molar-refractivity contribution in [3.63, 3.8) is 0 Å². The van der Waals surface area contributed by atoms with Crippen LogP contribution in [0.15, 0.2) is 84.9 Å². The van der Waals surface area contributed by atoms with Gasteiger partial charge >= 0.3 is 0 Å². The molecule has 2 N–H and O–H groups in total. The van der Waals surface area contributed by atoms with Crippen molar-refractivity contribution < 1.29 is 19.7 Å². The topological polar surface area (TPSA) is 58.9 Å². The van der Waals surface area contributed by atoms with Gasteiger partial charge in [-0.05, 0) is 69.7 Å². The highest BCUT2D eigenvalue weighted by Crippen LogP contribution is 2.55. The van der Waals surface area contributed by atoms with E-state index in [1.165, 1.54) is 43.8 Å². The molecule has 5 rings (SSSR count). The van der Waals surface area contributed by atoms with E-state index in [1.807, 2.05) is 12.1 Å². The van der Waals surface area contributed by atoms with Gasteiger partial charge in [-0.2, -0.15) is 0 Å². The van der Waals surface area contributed by atoms with Gasteiger partial charge in [0.25, 0.3) is 0 Å². The van der Waals surface area contributed by atoms with Crippen molar-refractivity contribution in [3.8, 4) is 22.6 Å². The van der Waals surface area contributed by atoms with Crippen LogP contribution < -0.4 is 19.8 Å². The summed E-state index contributed by atoms with van der Waals surface area (Å²) in [5, 5.41) is 22.2. The Morgan fingerprint density at radius 2 is 0.973 bits per heavy atom. The summed E-state index contributed by atoms with van der Waals surface area (Å²) in [7, 11) is 1.55. The van der Waals surface area contributed by atoms with E-state index in [0.29, 0.717) is 0 Å². The van der Waals surface area contributed by atoms with Crippen LogP contribution in [0.25, 0.3) is 11.1 Å². The second-order valence-electron chi connectivity index (χ2n) is 10.0. The second-order valence-corrected chi connectivity index (χ2v) is 12.0. The molecule has 0 radical (unpaired) electrons. The molecule has 1 aliphatic rings. The predicted molar refractivity (Wildman–Crippen MR) is 157 cm³/mol. The highest BCUT2D eigenvalue weighted by Gasteiger charge is 2.47. The summed E-state index contributed by atoms with van der Waals surface area (Å²) < 4.78 is 12.2. The number of aliphatic hydroxyl groups is 2. The van der Waals surface area contributed by atoms with Gasteiger partial charge in [-0.25, -0.2) is 0 Å². The second kappa shape index (κ2) is 10.3. The minimum absolute atomic E-state index is 0.257. The SMILES string of the molecule is CC(O)COc1cccc(C2(c3cccc(OCC(C)O)c3[SiH3])c3ccccc3-c3ccccc32)c1[SiH3]. The van der Waals surface area contributed by atoms with Crippen molar-refractivity contribution >= 4 is 30.9 Å². The molecule has 0 saturated heterocycles. The Kier molecular flexibility index (Phi) is 7.09. The van der Waals surface area contributed by atoms with Gasteiger partial charge < -0.3 is 19.7 Å². The molecular formula is C31H34O4Si2. The predicted octanol–water partition coefficient (Wildman–Crippen LogP) is 1.55. The molecule has 2 atom stereocenters. The Morgan fingerprint density at radius 3 is 1.38 bits per heavy atom. The van der Waals surface area contributed by atoms with Gasteiger partial charge in [0.2, 0.25) is 0 Å². The largest absolute Gasteiger partial charge is 0.491 e. The van der Waals surface area contributed by atoms with Crippen LogP contribution in [0.1, 0.15) is 36.1 Å². The van der Waals surface area contributed by atoms with Crippen molar-refractivity contribution in [2.45, 2.75) is 31.5 Å². The molecule has 0 bridgehead atoms. The first-order valence-corrected chi connectivity index (χ1v) is 14.9. The molecule has 37 heavy (non-hydrogen) atoms. The first-order chi connectivity index (χ1) is 17.9. The monoisotopic (exact) mass is 526 g/mol. The van der Waals surface area contributed by atoms with Crippen molar-refractivity contribution in [2.75, 3.05) is 13.2 Å². The fourth-order valence-electron chi connectivity index (χ4n) is 5.74. The average Bonchev–Trinajstić information content (AvgIpc) is 3.18. The third-order valence-corrected chi connectivity index (χ3v) is 9.35. The maximum absolute atomic E-state index is 9.89. The van der Waals surface area contributed by atoms with E-state index in [1.54, 1.807) is 13.8 Å². The van der Waals surface area contributed by atoms with Gasteiger partial charge in [-0.3, -0.25) is 0 Å². The van der Waals surface area contributed by atoms with Gasteiger partial charge in [0.05, 0.1) is 17.6 Å². The van der Waals surface area contributed by atoms with Gasteiger partial charge in [0.15, 0.2) is 0 Å². The van der Waals surface area contributed by atoms with E-state index in [9.17, 15) is 10.2 Å². The molecular weight excluding hydrogens is 493 g/mol. The summed E-state index contributed by atoms with van der Waals surface area (Å²) in [4.78, 5) is 0. The van der Waals surface area contributed by atoms with E-state index < -0.39 is 17.6 Å². The third kappa shape index (κ3) is 4.34. The van der Waals surface area contributed by atoms with Crippen molar-refractivity contribution in [1.82, 2.24) is 0 Å². The van der Waals surface area contributed by atoms with Crippen LogP contribution in [-0.2, 0) is 5.41 Å². The molecule has 4 aromatic rings. The Morgan fingerprint density at radius 1 is 0.595 bits per heavy atom. The maximum atomic E-state index is 9.89. The van der Waals surface area contributed by atoms with Crippen molar-refractivity contribution in [3.05, 3.63) is 107 Å². The van der Waals surface area contributed by atoms with Gasteiger partial charge in [0.1, 0.15) is 24.7 Å². The minimum atomic E-state index is -0.539. The third-order valence-electron chi connectivity index (χ3n) is 7.29. The highest BCUT2D eigenvalue weighted by atomic mass is 28.1. The lowest BCUT2D eigenvalue weighted by Crippen LogP contribution is -2.39. The van der Waals surface area contributed by atoms with E-state index in [2.05, 4.69) is 72.8 Å². The maximum Gasteiger partial charge on any atom is 0.117 e. The lowest BCUT2D eigenvalue weighted by Gasteiger charge is -2.37. The summed E-state index contributed by atoms with van der Waals surface area (Å²) in [5.74, 6) is 1.67.